The van der Waals surface area contributed by atoms with E-state index in [2.05, 4.69) is 15.0 Å². The molecule has 2 aromatic rings. The number of rotatable bonds is 5. The normalized spacial score (nSPS) is 12.0. The number of hydrogen-bond acceptors (Lipinski definition) is 8. The van der Waals surface area contributed by atoms with Crippen molar-refractivity contribution >= 4 is 34.7 Å². The largest absolute Gasteiger partial charge is 0.382 e. The summed E-state index contributed by atoms with van der Waals surface area (Å²) in [5, 5.41) is 0. The number of aromatic nitrogens is 4. The van der Waals surface area contributed by atoms with Crippen molar-refractivity contribution in [3.05, 3.63) is 12.7 Å². The summed E-state index contributed by atoms with van der Waals surface area (Å²) < 4.78 is 43.0. The molecule has 0 saturated carbocycles. The van der Waals surface area contributed by atoms with Crippen molar-refractivity contribution in [3.8, 4) is 0 Å². The molecule has 2 heterocycles. The Morgan fingerprint density at radius 1 is 1.35 bits per heavy atom. The van der Waals surface area contributed by atoms with Crippen LogP contribution in [0.25, 0.3) is 11.2 Å². The first kappa shape index (κ1) is 19.4. The van der Waals surface area contributed by atoms with Gasteiger partial charge in [0.2, 0.25) is 0 Å². The average Bonchev–Trinajstić information content (AvgIpc) is 2.76. The number of nitrogens with zero attached hydrogens (tertiary/aromatic N) is 4. The molecule has 0 radical (unpaired) electrons. The van der Waals surface area contributed by atoms with Crippen molar-refractivity contribution in [2.24, 2.45) is 0 Å². The Morgan fingerprint density at radius 3 is 2.52 bits per heavy atom. The topological polar surface area (TPSA) is 191 Å². The Kier molecular flexibility index (Phi) is 6.56. The Morgan fingerprint density at radius 2 is 1.96 bits per heavy atom. The van der Waals surface area contributed by atoms with E-state index < -0.39 is 24.1 Å². The van der Waals surface area contributed by atoms with Crippen LogP contribution < -0.4 is 5.73 Å². The lowest BCUT2D eigenvalue weighted by atomic mass is 10.5. The summed E-state index contributed by atoms with van der Waals surface area (Å²) in [4.78, 5) is 29.1. The number of imidazole rings is 1. The summed E-state index contributed by atoms with van der Waals surface area (Å²) >= 11 is 0. The van der Waals surface area contributed by atoms with E-state index in [0.717, 1.165) is 0 Å². The summed E-state index contributed by atoms with van der Waals surface area (Å²) in [7, 11) is -7.79. The number of anilines is 1. The SMILES string of the molecule is CS(=O)(=O)O.Nc1ncnc2c1ncn2CCOCP(=O)(O)O. The van der Waals surface area contributed by atoms with Gasteiger partial charge >= 0.3 is 7.60 Å². The van der Waals surface area contributed by atoms with Crippen molar-refractivity contribution in [1.82, 2.24) is 19.5 Å². The Balaban J connectivity index is 0.000000463. The number of ether oxygens (including phenoxy) is 1. The number of nitrogens with two attached hydrogens (primary N) is 1. The van der Waals surface area contributed by atoms with Crippen molar-refractivity contribution in [3.63, 3.8) is 0 Å². The van der Waals surface area contributed by atoms with E-state index in [9.17, 15) is 13.0 Å². The highest BCUT2D eigenvalue weighted by molar-refractivity contribution is 7.85. The lowest BCUT2D eigenvalue weighted by Gasteiger charge is -2.06. The van der Waals surface area contributed by atoms with Crippen LogP contribution in [0, 0.1) is 0 Å². The molecule has 0 aliphatic carbocycles. The molecule has 0 spiro atoms. The van der Waals surface area contributed by atoms with Gasteiger partial charge in [0.15, 0.2) is 11.5 Å². The maximum atomic E-state index is 10.6. The Hall–Kier alpha value is -1.63. The smallest absolute Gasteiger partial charge is 0.350 e. The van der Waals surface area contributed by atoms with Crippen LogP contribution in [0.3, 0.4) is 0 Å². The van der Waals surface area contributed by atoms with Crippen LogP contribution in [0.15, 0.2) is 12.7 Å². The summed E-state index contributed by atoms with van der Waals surface area (Å²) in [5.74, 6) is 0.287. The number of nitrogen functional groups attached to an aromatic ring is 1. The van der Waals surface area contributed by atoms with Gasteiger partial charge in [0.05, 0.1) is 19.2 Å². The minimum absolute atomic E-state index is 0.139. The molecule has 130 valence electrons. The van der Waals surface area contributed by atoms with Crippen molar-refractivity contribution < 1.29 is 32.1 Å². The second kappa shape index (κ2) is 7.77. The van der Waals surface area contributed by atoms with Crippen molar-refractivity contribution in [1.29, 1.82) is 0 Å². The Labute approximate surface area is 131 Å². The first-order chi connectivity index (χ1) is 10.5. The standard InChI is InChI=1S/C8H12N5O4P.CH4O3S/c9-7-6-8(11-3-10-7)13(4-12-6)1-2-17-5-18(14,15)16;1-5(2,3)4/h3-4H,1-2,5H2,(H2,9,10,11)(H2,14,15,16);1H3,(H,2,3,4). The summed E-state index contributed by atoms with van der Waals surface area (Å²) in [6.45, 7) is 0.507. The van der Waals surface area contributed by atoms with Gasteiger partial charge in [-0.3, -0.25) is 9.12 Å². The number of hydrogen-bond donors (Lipinski definition) is 4. The van der Waals surface area contributed by atoms with E-state index in [1.54, 1.807) is 4.57 Å². The third-order valence-electron chi connectivity index (χ3n) is 2.17. The summed E-state index contributed by atoms with van der Waals surface area (Å²) in [6.07, 6.45) is 2.96. The fraction of sp³-hybridized carbons (Fsp3) is 0.444. The molecule has 0 aliphatic heterocycles. The molecular weight excluding hydrogens is 353 g/mol. The highest BCUT2D eigenvalue weighted by Gasteiger charge is 2.13. The van der Waals surface area contributed by atoms with Gasteiger partial charge in [-0.15, -0.1) is 0 Å². The minimum Gasteiger partial charge on any atom is -0.382 e. The summed E-state index contributed by atoms with van der Waals surface area (Å²) in [6, 6.07) is 0. The maximum Gasteiger partial charge on any atom is 0.350 e. The molecule has 0 amide bonds. The predicted molar refractivity (Wildman–Crippen MR) is 80.1 cm³/mol. The zero-order chi connectivity index (χ0) is 17.7. The van der Waals surface area contributed by atoms with Crippen LogP contribution in [0.2, 0.25) is 0 Å². The van der Waals surface area contributed by atoms with E-state index in [4.69, 9.17) is 24.8 Å². The first-order valence-corrected chi connectivity index (χ1v) is 9.58. The molecule has 0 saturated heterocycles. The molecule has 23 heavy (non-hydrogen) atoms. The lowest BCUT2D eigenvalue weighted by molar-refractivity contribution is 0.149. The third-order valence-corrected chi connectivity index (χ3v) is 2.68. The second-order valence-corrected chi connectivity index (χ2v) is 7.36. The van der Waals surface area contributed by atoms with Crippen LogP contribution in [-0.4, -0.2) is 61.5 Å². The van der Waals surface area contributed by atoms with Crippen molar-refractivity contribution in [2.75, 3.05) is 24.9 Å². The van der Waals surface area contributed by atoms with E-state index in [1.807, 2.05) is 0 Å². The van der Waals surface area contributed by atoms with E-state index >= 15 is 0 Å². The van der Waals surface area contributed by atoms with Gasteiger partial charge in [-0.1, -0.05) is 0 Å². The molecule has 0 unspecified atom stereocenters. The van der Waals surface area contributed by atoms with Crippen molar-refractivity contribution in [2.45, 2.75) is 6.54 Å². The van der Waals surface area contributed by atoms with Crippen LogP contribution >= 0.6 is 7.60 Å². The second-order valence-electron chi connectivity index (χ2n) is 4.30. The molecule has 0 bridgehead atoms. The summed E-state index contributed by atoms with van der Waals surface area (Å²) in [5.41, 5.74) is 6.67. The van der Waals surface area contributed by atoms with Gasteiger partial charge in [0, 0.05) is 6.54 Å². The van der Waals surface area contributed by atoms with Gasteiger partial charge in [-0.2, -0.15) is 8.42 Å². The zero-order valence-corrected chi connectivity index (χ0v) is 13.7. The maximum absolute atomic E-state index is 10.6. The van der Waals surface area contributed by atoms with Gasteiger partial charge in [-0.25, -0.2) is 15.0 Å². The zero-order valence-electron chi connectivity index (χ0n) is 12.0. The molecular formula is C9H16N5O7PS. The fourth-order valence-electron chi connectivity index (χ4n) is 1.41. The molecule has 0 atom stereocenters. The first-order valence-electron chi connectivity index (χ1n) is 5.93. The van der Waals surface area contributed by atoms with E-state index in [1.165, 1.54) is 12.7 Å². The average molecular weight is 369 g/mol. The van der Waals surface area contributed by atoms with Gasteiger partial charge in [0.25, 0.3) is 10.1 Å². The molecule has 0 aliphatic rings. The monoisotopic (exact) mass is 369 g/mol. The van der Waals surface area contributed by atoms with E-state index in [0.29, 0.717) is 24.0 Å². The number of fused-ring (bicyclic) bond motifs is 1. The predicted octanol–water partition coefficient (Wildman–Crippen LogP) is -0.936. The van der Waals surface area contributed by atoms with Crippen LogP contribution in [0.4, 0.5) is 5.82 Å². The molecule has 14 heteroatoms. The quantitative estimate of drug-likeness (QED) is 0.289. The van der Waals surface area contributed by atoms with Gasteiger partial charge < -0.3 is 24.8 Å². The molecule has 2 aromatic heterocycles. The van der Waals surface area contributed by atoms with Crippen LogP contribution in [-0.2, 0) is 26.0 Å². The van der Waals surface area contributed by atoms with E-state index in [-0.39, 0.29) is 12.4 Å². The van der Waals surface area contributed by atoms with Crippen LogP contribution in [0.1, 0.15) is 0 Å². The third kappa shape index (κ3) is 7.97. The highest BCUT2D eigenvalue weighted by atomic mass is 32.2. The van der Waals surface area contributed by atoms with Gasteiger partial charge in [0.1, 0.15) is 18.2 Å². The molecule has 12 nitrogen and oxygen atoms in total. The van der Waals surface area contributed by atoms with Gasteiger partial charge in [-0.05, 0) is 0 Å². The Bertz CT molecular complexity index is 794. The molecule has 0 aromatic carbocycles. The highest BCUT2D eigenvalue weighted by Crippen LogP contribution is 2.33. The van der Waals surface area contributed by atoms with Crippen LogP contribution in [0.5, 0.6) is 0 Å². The molecule has 0 fully saturated rings. The fourth-order valence-corrected chi connectivity index (χ4v) is 1.78. The lowest BCUT2D eigenvalue weighted by Crippen LogP contribution is -2.07. The molecule has 2 rings (SSSR count). The molecule has 5 N–H and O–H groups in total. The minimum atomic E-state index is -4.12.